The second kappa shape index (κ2) is 12.5. The Kier molecular flexibility index (Phi) is 8.88. The maximum atomic E-state index is 13.1. The Bertz CT molecular complexity index is 1270. The number of nitrogens with zero attached hydrogens (tertiary/aromatic N) is 5. The predicted octanol–water partition coefficient (Wildman–Crippen LogP) is 2.32. The van der Waals surface area contributed by atoms with Crippen molar-refractivity contribution in [3.05, 3.63) is 79.7 Å². The van der Waals surface area contributed by atoms with Crippen LogP contribution in [-0.4, -0.2) is 77.9 Å². The van der Waals surface area contributed by atoms with Gasteiger partial charge in [0.15, 0.2) is 0 Å². The van der Waals surface area contributed by atoms with E-state index in [0.29, 0.717) is 31.9 Å². The highest BCUT2D eigenvalue weighted by atomic mass is 32.2. The molecule has 1 saturated heterocycles. The standard InChI is InChI=1S/C25H29N5O6S/c1-3-14-34-23-26-24(35-15-4-2)28-25(27-23)36-19-21-18-29(13-16-33-21)17-20-9-8-12-30(20)37(31,32)22-10-6-5-7-11-22/h3-12,21H,1-2,13-19H2. The second-order valence-electron chi connectivity index (χ2n) is 8.03. The van der Waals surface area contributed by atoms with Crippen LogP contribution in [0.15, 0.2) is 78.9 Å². The fourth-order valence-corrected chi connectivity index (χ4v) is 5.05. The summed E-state index contributed by atoms with van der Waals surface area (Å²) in [7, 11) is -3.68. The lowest BCUT2D eigenvalue weighted by Crippen LogP contribution is -2.44. The maximum Gasteiger partial charge on any atom is 0.326 e. The van der Waals surface area contributed by atoms with Crippen molar-refractivity contribution >= 4 is 10.0 Å². The van der Waals surface area contributed by atoms with Crippen molar-refractivity contribution in [3.8, 4) is 18.0 Å². The molecule has 0 spiro atoms. The molecular weight excluding hydrogens is 498 g/mol. The van der Waals surface area contributed by atoms with Crippen LogP contribution in [0.5, 0.6) is 18.0 Å². The molecule has 0 N–H and O–H groups in total. The van der Waals surface area contributed by atoms with Crippen LogP contribution in [0.4, 0.5) is 0 Å². The summed E-state index contributed by atoms with van der Waals surface area (Å²) < 4.78 is 50.0. The molecule has 4 rings (SSSR count). The molecule has 3 heterocycles. The van der Waals surface area contributed by atoms with Crippen molar-refractivity contribution in [1.82, 2.24) is 23.8 Å². The number of hydrogen-bond acceptors (Lipinski definition) is 10. The normalized spacial score (nSPS) is 16.2. The number of hydrogen-bond donors (Lipinski definition) is 0. The highest BCUT2D eigenvalue weighted by molar-refractivity contribution is 7.90. The summed E-state index contributed by atoms with van der Waals surface area (Å²) >= 11 is 0. The molecule has 1 fully saturated rings. The smallest absolute Gasteiger partial charge is 0.326 e. The Balaban J connectivity index is 1.39. The van der Waals surface area contributed by atoms with Crippen LogP contribution in [-0.2, 0) is 21.3 Å². The Hall–Kier alpha value is -3.74. The zero-order chi connectivity index (χ0) is 26.1. The van der Waals surface area contributed by atoms with Crippen molar-refractivity contribution in [3.63, 3.8) is 0 Å². The first-order valence-electron chi connectivity index (χ1n) is 11.7. The first-order chi connectivity index (χ1) is 18.0. The van der Waals surface area contributed by atoms with Gasteiger partial charge in [0.25, 0.3) is 10.0 Å². The Morgan fingerprint density at radius 3 is 2.24 bits per heavy atom. The molecule has 1 atom stereocenters. The van der Waals surface area contributed by atoms with E-state index in [-0.39, 0.29) is 48.9 Å². The van der Waals surface area contributed by atoms with E-state index in [1.165, 1.54) is 3.97 Å². The predicted molar refractivity (Wildman–Crippen MR) is 135 cm³/mol. The highest BCUT2D eigenvalue weighted by Gasteiger charge is 2.25. The fourth-order valence-electron chi connectivity index (χ4n) is 3.67. The number of morpholine rings is 1. The SMILES string of the molecule is C=CCOc1nc(OCC=C)nc(OCC2CN(Cc3cccn3S(=O)(=O)c3ccccc3)CCO2)n1. The Morgan fingerprint density at radius 2 is 1.59 bits per heavy atom. The van der Waals surface area contributed by atoms with Gasteiger partial charge in [-0.1, -0.05) is 43.5 Å². The summed E-state index contributed by atoms with van der Waals surface area (Å²) in [6.45, 7) is 9.90. The molecule has 0 bridgehead atoms. The Labute approximate surface area is 216 Å². The number of aromatic nitrogens is 4. The van der Waals surface area contributed by atoms with E-state index >= 15 is 0 Å². The van der Waals surface area contributed by atoms with E-state index in [4.69, 9.17) is 18.9 Å². The van der Waals surface area contributed by atoms with Crippen LogP contribution in [0.25, 0.3) is 0 Å². The van der Waals surface area contributed by atoms with Gasteiger partial charge >= 0.3 is 18.0 Å². The summed E-state index contributed by atoms with van der Waals surface area (Å²) in [6, 6.07) is 12.1. The van der Waals surface area contributed by atoms with E-state index in [1.54, 1.807) is 54.7 Å². The van der Waals surface area contributed by atoms with Crippen molar-refractivity contribution < 1.29 is 27.4 Å². The van der Waals surface area contributed by atoms with Gasteiger partial charge in [-0.2, -0.15) is 0 Å². The molecule has 1 aliphatic rings. The van der Waals surface area contributed by atoms with Crippen LogP contribution in [0.2, 0.25) is 0 Å². The second-order valence-corrected chi connectivity index (χ2v) is 9.85. The van der Waals surface area contributed by atoms with Crippen LogP contribution in [0, 0.1) is 0 Å². The molecule has 1 aromatic carbocycles. The quantitative estimate of drug-likeness (QED) is 0.307. The van der Waals surface area contributed by atoms with E-state index in [9.17, 15) is 8.42 Å². The molecule has 3 aromatic rings. The summed E-state index contributed by atoms with van der Waals surface area (Å²) in [6.07, 6.45) is 4.42. The monoisotopic (exact) mass is 527 g/mol. The highest BCUT2D eigenvalue weighted by Crippen LogP contribution is 2.20. The van der Waals surface area contributed by atoms with Gasteiger partial charge in [-0.05, 0) is 24.3 Å². The molecule has 0 aliphatic carbocycles. The molecule has 11 nitrogen and oxygen atoms in total. The molecule has 0 radical (unpaired) electrons. The topological polar surface area (TPSA) is 118 Å². The van der Waals surface area contributed by atoms with E-state index in [2.05, 4.69) is 33.0 Å². The van der Waals surface area contributed by atoms with Gasteiger partial charge in [-0.25, -0.2) is 12.4 Å². The minimum atomic E-state index is -3.68. The molecule has 0 saturated carbocycles. The molecule has 1 unspecified atom stereocenters. The first kappa shape index (κ1) is 26.3. The van der Waals surface area contributed by atoms with Gasteiger partial charge in [0.05, 0.1) is 11.5 Å². The third-order valence-corrected chi connectivity index (χ3v) is 7.08. The van der Waals surface area contributed by atoms with Crippen LogP contribution < -0.4 is 14.2 Å². The van der Waals surface area contributed by atoms with Crippen molar-refractivity contribution in [1.29, 1.82) is 0 Å². The lowest BCUT2D eigenvalue weighted by atomic mass is 10.2. The zero-order valence-electron chi connectivity index (χ0n) is 20.3. The van der Waals surface area contributed by atoms with Gasteiger partial charge in [0.1, 0.15) is 25.9 Å². The van der Waals surface area contributed by atoms with Crippen LogP contribution >= 0.6 is 0 Å². The Morgan fingerprint density at radius 1 is 0.946 bits per heavy atom. The summed E-state index contributed by atoms with van der Waals surface area (Å²) in [5.41, 5.74) is 0.663. The average Bonchev–Trinajstić information content (AvgIpc) is 3.39. The molecule has 37 heavy (non-hydrogen) atoms. The first-order valence-corrected chi connectivity index (χ1v) is 13.1. The van der Waals surface area contributed by atoms with E-state index in [1.807, 2.05) is 6.07 Å². The zero-order valence-corrected chi connectivity index (χ0v) is 21.1. The maximum absolute atomic E-state index is 13.1. The van der Waals surface area contributed by atoms with Crippen LogP contribution in [0.1, 0.15) is 5.69 Å². The molecule has 196 valence electrons. The van der Waals surface area contributed by atoms with Gasteiger partial charge < -0.3 is 18.9 Å². The molecule has 12 heteroatoms. The van der Waals surface area contributed by atoms with E-state index in [0.717, 1.165) is 0 Å². The summed E-state index contributed by atoms with van der Waals surface area (Å²) in [5.74, 6) is 0. The third-order valence-electron chi connectivity index (χ3n) is 5.33. The van der Waals surface area contributed by atoms with Crippen LogP contribution in [0.3, 0.4) is 0 Å². The van der Waals surface area contributed by atoms with Crippen molar-refractivity contribution in [2.45, 2.75) is 17.5 Å². The largest absolute Gasteiger partial charge is 0.460 e. The number of ether oxygens (including phenoxy) is 4. The lowest BCUT2D eigenvalue weighted by molar-refractivity contribution is -0.0521. The molecule has 2 aromatic heterocycles. The molecule has 1 aliphatic heterocycles. The lowest BCUT2D eigenvalue weighted by Gasteiger charge is -2.32. The number of benzene rings is 1. The van der Waals surface area contributed by atoms with Crippen molar-refractivity contribution in [2.24, 2.45) is 0 Å². The van der Waals surface area contributed by atoms with Gasteiger partial charge in [-0.15, -0.1) is 15.0 Å². The molecule has 0 amide bonds. The van der Waals surface area contributed by atoms with E-state index < -0.39 is 10.0 Å². The third kappa shape index (κ3) is 6.94. The van der Waals surface area contributed by atoms with Gasteiger partial charge in [-0.3, -0.25) is 4.90 Å². The van der Waals surface area contributed by atoms with Gasteiger partial charge in [0.2, 0.25) is 0 Å². The fraction of sp³-hybridized carbons (Fsp3) is 0.320. The van der Waals surface area contributed by atoms with Crippen molar-refractivity contribution in [2.75, 3.05) is 39.5 Å². The minimum absolute atomic E-state index is 0.0386. The average molecular weight is 528 g/mol. The summed E-state index contributed by atoms with van der Waals surface area (Å²) in [4.78, 5) is 14.7. The number of rotatable bonds is 13. The van der Waals surface area contributed by atoms with Gasteiger partial charge in [0, 0.05) is 31.5 Å². The minimum Gasteiger partial charge on any atom is -0.460 e. The summed E-state index contributed by atoms with van der Waals surface area (Å²) in [5, 5.41) is 0. The molecular formula is C25H29N5O6S.